The van der Waals surface area contributed by atoms with Crippen molar-refractivity contribution < 1.29 is 18.8 Å². The molecule has 0 aliphatic heterocycles. The predicted molar refractivity (Wildman–Crippen MR) is 17.5 cm³/mol. The first kappa shape index (κ1) is 6.19. The zero-order valence-corrected chi connectivity index (χ0v) is 3.86. The second-order valence-corrected chi connectivity index (χ2v) is 0.643. The van der Waals surface area contributed by atoms with Crippen LogP contribution >= 0.6 is 12.3 Å². The Balaban J connectivity index is 2.34. The summed E-state index contributed by atoms with van der Waals surface area (Å²) in [6.45, 7) is 0. The van der Waals surface area contributed by atoms with Gasteiger partial charge in [-0.15, -0.1) is 4.33 Å². The molecule has 0 saturated carbocycles. The molecule has 0 aromatic rings. The number of hydrogen-bond donors (Lipinski definition) is 0. The van der Waals surface area contributed by atoms with E-state index in [2.05, 4.69) is 14.3 Å². The van der Waals surface area contributed by atoms with E-state index < -0.39 is 0 Å². The molecule has 0 rings (SSSR count). The molecule has 4 nitrogen and oxygen atoms in total. The molecule has 0 aromatic heterocycles. The summed E-state index contributed by atoms with van der Waals surface area (Å²) >= 11 is -0.171. The topological polar surface area (TPSA) is 50.8 Å². The average Bonchev–Trinajstić information content (AvgIpc) is 1.61. The minimum Gasteiger partial charge on any atom is -0.774 e. The van der Waals surface area contributed by atoms with Gasteiger partial charge in [-0.05, 0) is 0 Å². The van der Waals surface area contributed by atoms with Gasteiger partial charge < -0.3 is 4.55 Å². The van der Waals surface area contributed by atoms with E-state index in [-0.39, 0.29) is 12.3 Å². The summed E-state index contributed by atoms with van der Waals surface area (Å²) in [6.07, 6.45) is 0. The first-order chi connectivity index (χ1) is 2.91. The van der Waals surface area contributed by atoms with Gasteiger partial charge in [0.2, 0.25) is 0 Å². The van der Waals surface area contributed by atoms with Gasteiger partial charge >= 0.3 is 0 Å². The Morgan fingerprint density at radius 2 is 2.33 bits per heavy atom. The van der Waals surface area contributed by atoms with Crippen LogP contribution in [0.5, 0.6) is 0 Å². The molecule has 0 heterocycles. The van der Waals surface area contributed by atoms with E-state index in [1.54, 1.807) is 0 Å². The Morgan fingerprint density at radius 3 is 2.50 bits per heavy atom. The molecule has 0 atom stereocenters. The second-order valence-electron chi connectivity index (χ2n) is 0.371. The van der Waals surface area contributed by atoms with Crippen molar-refractivity contribution in [3.63, 3.8) is 0 Å². The maximum absolute atomic E-state index is 9.18. The molecule has 0 unspecified atom stereocenters. The zero-order valence-electron chi connectivity index (χ0n) is 3.04. The maximum Gasteiger partial charge on any atom is 0.0744 e. The summed E-state index contributed by atoms with van der Waals surface area (Å²) in [5.41, 5.74) is 0. The fraction of sp³-hybridized carbons (Fsp3) is 1.00. The van der Waals surface area contributed by atoms with Crippen molar-refractivity contribution in [1.29, 1.82) is 0 Å². The standard InChI is InChI=1S/CH4O4S/c1-3-4-5-6-2/h2H,1H3/p-1. The molecule has 6 heavy (non-hydrogen) atoms. The summed E-state index contributed by atoms with van der Waals surface area (Å²) in [6, 6.07) is 0. The van der Waals surface area contributed by atoms with E-state index in [0.717, 1.165) is 0 Å². The molecule has 0 aromatic carbocycles. The van der Waals surface area contributed by atoms with Gasteiger partial charge in [-0.25, -0.2) is 4.89 Å². The minimum atomic E-state index is -0.171. The van der Waals surface area contributed by atoms with Crippen LogP contribution < -0.4 is 0 Å². The lowest BCUT2D eigenvalue weighted by atomic mass is 11.8. The first-order valence-electron chi connectivity index (χ1n) is 1.07. The Labute approximate surface area is 39.3 Å². The SMILES string of the molecule is COOOS[O-]. The molecule has 0 amide bonds. The van der Waals surface area contributed by atoms with Gasteiger partial charge in [0, 0.05) is 0 Å². The molecule has 0 saturated heterocycles. The number of hydrogen-bond acceptors (Lipinski definition) is 5. The third-order valence-electron chi connectivity index (χ3n) is 0.124. The monoisotopic (exact) mass is 111 g/mol. The lowest BCUT2D eigenvalue weighted by molar-refractivity contribution is -0.449. The molecule has 0 bridgehead atoms. The molecule has 0 aliphatic rings. The van der Waals surface area contributed by atoms with Crippen LogP contribution in [0.3, 0.4) is 0 Å². The number of rotatable bonds is 3. The van der Waals surface area contributed by atoms with E-state index >= 15 is 0 Å². The van der Waals surface area contributed by atoms with E-state index in [1.807, 2.05) is 0 Å². The van der Waals surface area contributed by atoms with Crippen LogP contribution in [0, 0.1) is 0 Å². The van der Waals surface area contributed by atoms with Gasteiger partial charge in [-0.1, -0.05) is 17.4 Å². The van der Waals surface area contributed by atoms with Gasteiger partial charge in [0.05, 0.1) is 7.11 Å². The van der Waals surface area contributed by atoms with Crippen LogP contribution in [0.2, 0.25) is 0 Å². The van der Waals surface area contributed by atoms with Crippen LogP contribution in [-0.2, 0) is 14.3 Å². The third kappa shape index (κ3) is 4.19. The summed E-state index contributed by atoms with van der Waals surface area (Å²) in [5, 5.41) is 3.63. The highest BCUT2D eigenvalue weighted by Gasteiger charge is 1.68. The minimum absolute atomic E-state index is 0.171. The van der Waals surface area contributed by atoms with E-state index in [4.69, 9.17) is 0 Å². The highest BCUT2D eigenvalue weighted by atomic mass is 32.2. The van der Waals surface area contributed by atoms with Crippen LogP contribution in [-0.4, -0.2) is 11.7 Å². The molecule has 0 fully saturated rings. The molecular weight excluding hydrogens is 108 g/mol. The maximum atomic E-state index is 9.18. The van der Waals surface area contributed by atoms with Crippen molar-refractivity contribution in [3.05, 3.63) is 0 Å². The molecule has 0 spiro atoms. The Hall–Kier alpha value is 0.190. The second kappa shape index (κ2) is 5.19. The molecule has 0 aliphatic carbocycles. The van der Waals surface area contributed by atoms with Crippen molar-refractivity contribution in [1.82, 2.24) is 0 Å². The largest absolute Gasteiger partial charge is 0.774 e. The summed E-state index contributed by atoms with van der Waals surface area (Å²) in [4.78, 5) is 3.84. The van der Waals surface area contributed by atoms with Gasteiger partial charge in [-0.3, -0.25) is 0 Å². The van der Waals surface area contributed by atoms with Gasteiger partial charge in [-0.2, -0.15) is 0 Å². The highest BCUT2D eigenvalue weighted by Crippen LogP contribution is 1.91. The Bertz CT molecular complexity index is 19.5. The van der Waals surface area contributed by atoms with Gasteiger partial charge in [0.15, 0.2) is 0 Å². The Morgan fingerprint density at radius 1 is 1.67 bits per heavy atom. The third-order valence-corrected chi connectivity index (χ3v) is 0.235. The van der Waals surface area contributed by atoms with E-state index in [9.17, 15) is 4.55 Å². The fourth-order valence-electron chi connectivity index (χ4n) is 0.0391. The molecule has 5 heteroatoms. The van der Waals surface area contributed by atoms with Gasteiger partial charge in [0.25, 0.3) is 0 Å². The molecule has 0 radical (unpaired) electrons. The normalized spacial score (nSPS) is 9.00. The van der Waals surface area contributed by atoms with Crippen molar-refractivity contribution in [2.24, 2.45) is 0 Å². The van der Waals surface area contributed by atoms with Crippen molar-refractivity contribution >= 4 is 12.3 Å². The zero-order chi connectivity index (χ0) is 4.83. The van der Waals surface area contributed by atoms with E-state index in [0.29, 0.717) is 0 Å². The van der Waals surface area contributed by atoms with Crippen LogP contribution in [0.1, 0.15) is 0 Å². The lowest BCUT2D eigenvalue weighted by Crippen LogP contribution is -1.81. The van der Waals surface area contributed by atoms with Crippen molar-refractivity contribution in [3.8, 4) is 0 Å². The van der Waals surface area contributed by atoms with E-state index in [1.165, 1.54) is 7.11 Å². The average molecular weight is 111 g/mol. The smallest absolute Gasteiger partial charge is 0.0744 e. The quantitative estimate of drug-likeness (QED) is 0.226. The molecule has 0 N–H and O–H groups in total. The molecular formula is CH3O4S-. The summed E-state index contributed by atoms with van der Waals surface area (Å²) in [7, 11) is 1.23. The molecule has 38 valence electrons. The fourth-order valence-corrected chi connectivity index (χ4v) is 0.117. The lowest BCUT2D eigenvalue weighted by Gasteiger charge is -1.97. The van der Waals surface area contributed by atoms with Gasteiger partial charge in [0.1, 0.15) is 0 Å². The highest BCUT2D eigenvalue weighted by molar-refractivity contribution is 7.88. The van der Waals surface area contributed by atoms with Crippen LogP contribution in [0.4, 0.5) is 0 Å². The Kier molecular flexibility index (Phi) is 5.35. The summed E-state index contributed by atoms with van der Waals surface area (Å²) in [5.74, 6) is 0. The van der Waals surface area contributed by atoms with Crippen LogP contribution in [0.15, 0.2) is 0 Å². The van der Waals surface area contributed by atoms with Crippen molar-refractivity contribution in [2.75, 3.05) is 7.11 Å². The summed E-state index contributed by atoms with van der Waals surface area (Å²) < 4.78 is 12.8. The first-order valence-corrected chi connectivity index (χ1v) is 1.74. The van der Waals surface area contributed by atoms with Crippen LogP contribution in [0.25, 0.3) is 0 Å². The van der Waals surface area contributed by atoms with Crippen molar-refractivity contribution in [2.45, 2.75) is 0 Å². The predicted octanol–water partition coefficient (Wildman–Crippen LogP) is 0.275.